The van der Waals surface area contributed by atoms with Gasteiger partial charge in [-0.2, -0.15) is 0 Å². The number of aliphatic hydroxyl groups excluding tert-OH is 5. The molecule has 0 aliphatic carbocycles. The zero-order chi connectivity index (χ0) is 10.6. The van der Waals surface area contributed by atoms with Crippen LogP contribution < -0.4 is 0 Å². The molecule has 0 fully saturated rings. The van der Waals surface area contributed by atoms with Gasteiger partial charge in [0.2, 0.25) is 0 Å². The Balaban J connectivity index is -0.000000720. The molecule has 0 radical (unpaired) electrons. The van der Waals surface area contributed by atoms with Crippen molar-refractivity contribution < 1.29 is 35.4 Å². The van der Waals surface area contributed by atoms with Crippen LogP contribution in [0.4, 0.5) is 0 Å². The van der Waals surface area contributed by atoms with Crippen LogP contribution in [0.2, 0.25) is 0 Å². The third-order valence-electron chi connectivity index (χ3n) is 1.51. The van der Waals surface area contributed by atoms with Crippen molar-refractivity contribution in [2.24, 2.45) is 0 Å². The minimum atomic E-state index is -2.20. The summed E-state index contributed by atoms with van der Waals surface area (Å²) in [4.78, 5) is 10.1. The van der Waals surface area contributed by atoms with Crippen molar-refractivity contribution >= 4 is 52.1 Å². The Morgan fingerprint density at radius 2 is 1.47 bits per heavy atom. The van der Waals surface area contributed by atoms with Crippen LogP contribution in [-0.4, -0.2) is 114 Å². The molecule has 0 rings (SSSR count). The molecule has 4 unspecified atom stereocenters. The van der Waals surface area contributed by atoms with Gasteiger partial charge in [0.05, 0.1) is 15.0 Å². The number of carboxylic acids is 1. The predicted molar refractivity (Wildman–Crippen MR) is 57.2 cm³/mol. The van der Waals surface area contributed by atoms with Gasteiger partial charge in [0.1, 0.15) is 18.3 Å². The van der Waals surface area contributed by atoms with Crippen molar-refractivity contribution in [1.29, 1.82) is 0 Å². The van der Waals surface area contributed by atoms with Crippen LogP contribution in [0.3, 0.4) is 0 Å². The molecule has 0 heterocycles. The van der Waals surface area contributed by atoms with Gasteiger partial charge in [-0.15, -0.1) is 0 Å². The average Bonchev–Trinajstić information content (AvgIpc) is 2.12. The van der Waals surface area contributed by atoms with Gasteiger partial charge in [-0.25, -0.2) is 4.79 Å². The zero-order valence-electron chi connectivity index (χ0n) is 6.61. The van der Waals surface area contributed by atoms with Gasteiger partial charge < -0.3 is 30.6 Å². The molecule has 4 atom stereocenters. The molecular formula is C6H17BCaO7. The van der Waals surface area contributed by atoms with Crippen molar-refractivity contribution in [2.45, 2.75) is 24.4 Å². The van der Waals surface area contributed by atoms with E-state index in [0.29, 0.717) is 0 Å². The number of rotatable bonds is 5. The third-order valence-corrected chi connectivity index (χ3v) is 1.51. The van der Waals surface area contributed by atoms with Gasteiger partial charge >= 0.3 is 43.7 Å². The van der Waals surface area contributed by atoms with Crippen molar-refractivity contribution in [2.75, 3.05) is 6.61 Å². The minimum absolute atomic E-state index is 0. The van der Waals surface area contributed by atoms with E-state index in [0.717, 1.165) is 0 Å². The van der Waals surface area contributed by atoms with Crippen LogP contribution >= 0.6 is 0 Å². The first-order valence-electron chi connectivity index (χ1n) is 3.47. The summed E-state index contributed by atoms with van der Waals surface area (Å²) in [5.74, 6) is -1.73. The summed E-state index contributed by atoms with van der Waals surface area (Å²) in [5, 5.41) is 51.8. The Morgan fingerprint density at radius 1 is 1.07 bits per heavy atom. The van der Waals surface area contributed by atoms with Crippen molar-refractivity contribution in [3.63, 3.8) is 0 Å². The molecule has 0 spiro atoms. The summed E-state index contributed by atoms with van der Waals surface area (Å²) in [6, 6.07) is 0. The van der Waals surface area contributed by atoms with Gasteiger partial charge in [0.25, 0.3) is 0 Å². The number of aliphatic hydroxyl groups is 5. The Morgan fingerprint density at radius 3 is 1.73 bits per heavy atom. The summed E-state index contributed by atoms with van der Waals surface area (Å²) in [6.07, 6.45) is -7.84. The van der Waals surface area contributed by atoms with Gasteiger partial charge in [-0.05, 0) is 0 Å². The third kappa shape index (κ3) is 6.70. The molecule has 9 heteroatoms. The van der Waals surface area contributed by atoms with E-state index in [-0.39, 0.29) is 46.2 Å². The van der Waals surface area contributed by atoms with E-state index < -0.39 is 37.0 Å². The first kappa shape index (κ1) is 20.9. The molecule has 88 valence electrons. The van der Waals surface area contributed by atoms with E-state index in [2.05, 4.69) is 0 Å². The molecule has 15 heavy (non-hydrogen) atoms. The summed E-state index contributed by atoms with van der Waals surface area (Å²) < 4.78 is 0. The number of aliphatic carboxylic acids is 1. The Bertz CT molecular complexity index is 181. The van der Waals surface area contributed by atoms with Crippen LogP contribution in [0.25, 0.3) is 0 Å². The van der Waals surface area contributed by atoms with E-state index in [1.165, 1.54) is 0 Å². The first-order valence-corrected chi connectivity index (χ1v) is 3.47. The Labute approximate surface area is 118 Å². The summed E-state index contributed by atoms with van der Waals surface area (Å²) >= 11 is 0. The van der Waals surface area contributed by atoms with Crippen molar-refractivity contribution in [3.05, 3.63) is 0 Å². The maximum atomic E-state index is 10.1. The predicted octanol–water partition coefficient (Wildman–Crippen LogP) is -5.59. The molecule has 6 N–H and O–H groups in total. The molecule has 0 aromatic carbocycles. The van der Waals surface area contributed by atoms with E-state index in [9.17, 15) is 4.79 Å². The molecule has 0 aromatic rings. The second-order valence-corrected chi connectivity index (χ2v) is 2.51. The molecule has 7 nitrogen and oxygen atoms in total. The van der Waals surface area contributed by atoms with Gasteiger partial charge in [0.15, 0.2) is 6.10 Å². The normalized spacial score (nSPS) is 17.7. The van der Waals surface area contributed by atoms with Gasteiger partial charge in [-0.1, -0.05) is 0 Å². The summed E-state index contributed by atoms with van der Waals surface area (Å²) in [6.45, 7) is -0.843. The van der Waals surface area contributed by atoms with Gasteiger partial charge in [-0.3, -0.25) is 0 Å². The van der Waals surface area contributed by atoms with E-state index >= 15 is 0 Å². The molecule has 0 amide bonds. The van der Waals surface area contributed by atoms with Crippen molar-refractivity contribution in [1.82, 2.24) is 0 Å². The van der Waals surface area contributed by atoms with Crippen molar-refractivity contribution in [3.8, 4) is 0 Å². The number of carboxylic acid groups (broad SMARTS) is 1. The molecule has 0 bridgehead atoms. The molecule has 0 aromatic heterocycles. The second-order valence-electron chi connectivity index (χ2n) is 2.51. The first-order chi connectivity index (χ1) is 5.91. The monoisotopic (exact) mass is 252 g/mol. The van der Waals surface area contributed by atoms with Crippen LogP contribution in [0, 0.1) is 0 Å². The van der Waals surface area contributed by atoms with Crippen LogP contribution in [0.15, 0.2) is 0 Å². The summed E-state index contributed by atoms with van der Waals surface area (Å²) in [5.41, 5.74) is 0. The number of carbonyl (C=O) groups is 1. The maximum absolute atomic E-state index is 10.1. The fourth-order valence-electron chi connectivity index (χ4n) is 0.668. The van der Waals surface area contributed by atoms with E-state index in [1.807, 2.05) is 0 Å². The molecule has 0 saturated heterocycles. The quantitative estimate of drug-likeness (QED) is 0.268. The van der Waals surface area contributed by atoms with E-state index in [4.69, 9.17) is 30.6 Å². The second kappa shape index (κ2) is 9.79. The SMILES string of the molecule is B.O=C(O)C(O)C(O)C(O)C(O)CO.[CaH2]. The zero-order valence-corrected chi connectivity index (χ0v) is 6.61. The molecule has 0 aliphatic heterocycles. The fourth-order valence-corrected chi connectivity index (χ4v) is 0.668. The number of hydrogen-bond donors (Lipinski definition) is 6. The van der Waals surface area contributed by atoms with Crippen LogP contribution in [-0.2, 0) is 4.79 Å². The Kier molecular flexibility index (Phi) is 13.7. The van der Waals surface area contributed by atoms with Crippen LogP contribution in [0.5, 0.6) is 0 Å². The van der Waals surface area contributed by atoms with Crippen LogP contribution in [0.1, 0.15) is 0 Å². The number of hydrogen-bond acceptors (Lipinski definition) is 6. The Hall–Kier alpha value is 0.595. The standard InChI is InChI=1S/C6H12O7.BH3.Ca.2H/c7-1-2(8)3(9)4(10)5(11)6(12)13;;;;/h2-5,7-11H,1H2,(H,12,13);1H3;;;. The molecular weight excluding hydrogens is 235 g/mol. The average molecular weight is 252 g/mol. The molecule has 0 saturated carbocycles. The fraction of sp³-hybridized carbons (Fsp3) is 0.833. The van der Waals surface area contributed by atoms with E-state index in [1.54, 1.807) is 0 Å². The van der Waals surface area contributed by atoms with Gasteiger partial charge in [0, 0.05) is 0 Å². The topological polar surface area (TPSA) is 138 Å². The summed E-state index contributed by atoms with van der Waals surface area (Å²) in [7, 11) is 0. The molecule has 0 aliphatic rings.